The van der Waals surface area contributed by atoms with Gasteiger partial charge in [0.15, 0.2) is 0 Å². The molecule has 1 heterocycles. The first-order chi connectivity index (χ1) is 9.48. The molecule has 120 valence electrons. The molecule has 1 aliphatic heterocycles. The van der Waals surface area contributed by atoms with Crippen LogP contribution >= 0.6 is 12.4 Å². The topological polar surface area (TPSA) is 72.6 Å². The number of methoxy groups -OCH3 is 1. The van der Waals surface area contributed by atoms with Crippen molar-refractivity contribution in [3.05, 3.63) is 30.1 Å². The van der Waals surface area contributed by atoms with E-state index in [-0.39, 0.29) is 36.0 Å². The number of hydrogen-bond donors (Lipinski definition) is 1. The van der Waals surface area contributed by atoms with Crippen LogP contribution in [0, 0.1) is 5.82 Å². The maximum absolute atomic E-state index is 12.9. The molecule has 0 aliphatic carbocycles. The van der Waals surface area contributed by atoms with Crippen LogP contribution in [-0.2, 0) is 14.8 Å². The molecule has 1 aromatic carbocycles. The van der Waals surface area contributed by atoms with Crippen LogP contribution in [0.4, 0.5) is 4.39 Å². The number of sulfonamides is 1. The fourth-order valence-electron chi connectivity index (χ4n) is 2.48. The van der Waals surface area contributed by atoms with Crippen molar-refractivity contribution in [2.24, 2.45) is 5.73 Å². The number of hydrogen-bond acceptors (Lipinski definition) is 4. The summed E-state index contributed by atoms with van der Waals surface area (Å²) in [6.45, 7) is 0.598. The van der Waals surface area contributed by atoms with Gasteiger partial charge in [-0.05, 0) is 37.1 Å². The molecule has 1 saturated heterocycles. The zero-order valence-corrected chi connectivity index (χ0v) is 13.4. The minimum atomic E-state index is -3.64. The Morgan fingerprint density at radius 3 is 2.52 bits per heavy atom. The fourth-order valence-corrected chi connectivity index (χ4v) is 4.14. The summed E-state index contributed by atoms with van der Waals surface area (Å²) in [5, 5.41) is 0. The van der Waals surface area contributed by atoms with Gasteiger partial charge >= 0.3 is 0 Å². The predicted molar refractivity (Wildman–Crippen MR) is 80.4 cm³/mol. The summed E-state index contributed by atoms with van der Waals surface area (Å²) in [4.78, 5) is 0.0909. The molecule has 2 rings (SSSR count). The second-order valence-electron chi connectivity index (χ2n) is 4.84. The largest absolute Gasteiger partial charge is 0.381 e. The normalized spacial score (nSPS) is 23.6. The summed E-state index contributed by atoms with van der Waals surface area (Å²) >= 11 is 0. The van der Waals surface area contributed by atoms with E-state index in [0.29, 0.717) is 19.4 Å². The number of nitrogens with two attached hydrogens (primary N) is 1. The number of benzene rings is 1. The monoisotopic (exact) mass is 338 g/mol. The molecule has 2 N–H and O–H groups in total. The molecule has 2 unspecified atom stereocenters. The Hall–Kier alpha value is -0.730. The highest BCUT2D eigenvalue weighted by molar-refractivity contribution is 7.89. The summed E-state index contributed by atoms with van der Waals surface area (Å²) in [6.07, 6.45) is 1.24. The van der Waals surface area contributed by atoms with Gasteiger partial charge in [-0.3, -0.25) is 0 Å². The van der Waals surface area contributed by atoms with Gasteiger partial charge in [0, 0.05) is 26.2 Å². The molecule has 21 heavy (non-hydrogen) atoms. The third kappa shape index (κ3) is 3.92. The minimum Gasteiger partial charge on any atom is -0.381 e. The molecule has 0 bridgehead atoms. The first kappa shape index (κ1) is 18.3. The van der Waals surface area contributed by atoms with Gasteiger partial charge in [-0.1, -0.05) is 0 Å². The van der Waals surface area contributed by atoms with Gasteiger partial charge in [0.1, 0.15) is 5.82 Å². The minimum absolute atomic E-state index is 0. The Balaban J connectivity index is 0.00000220. The number of nitrogens with zero attached hydrogens (tertiary/aromatic N) is 1. The third-order valence-corrected chi connectivity index (χ3v) is 5.61. The SMILES string of the molecule is COC1CCN(S(=O)(=O)c2ccc(F)cc2)C(CN)C1.Cl. The zero-order valence-electron chi connectivity index (χ0n) is 11.7. The number of rotatable bonds is 4. The highest BCUT2D eigenvalue weighted by atomic mass is 35.5. The predicted octanol–water partition coefficient (Wildman–Crippen LogP) is 1.37. The Morgan fingerprint density at radius 2 is 2.00 bits per heavy atom. The molecule has 5 nitrogen and oxygen atoms in total. The number of piperidine rings is 1. The molecule has 0 amide bonds. The molecular weight excluding hydrogens is 319 g/mol. The van der Waals surface area contributed by atoms with Crippen LogP contribution in [0.2, 0.25) is 0 Å². The van der Waals surface area contributed by atoms with Crippen molar-refractivity contribution in [1.29, 1.82) is 0 Å². The average molecular weight is 339 g/mol. The Bertz CT molecular complexity index is 553. The van der Waals surface area contributed by atoms with Crippen LogP contribution in [0.15, 0.2) is 29.2 Å². The molecule has 1 aromatic rings. The Kier molecular flexibility index (Phi) is 6.55. The van der Waals surface area contributed by atoms with Gasteiger partial charge in [-0.15, -0.1) is 12.4 Å². The quantitative estimate of drug-likeness (QED) is 0.900. The van der Waals surface area contributed by atoms with E-state index in [1.165, 1.54) is 16.4 Å². The molecule has 2 atom stereocenters. The van der Waals surface area contributed by atoms with E-state index in [2.05, 4.69) is 0 Å². The lowest BCUT2D eigenvalue weighted by Crippen LogP contribution is -2.51. The van der Waals surface area contributed by atoms with Gasteiger partial charge in [0.2, 0.25) is 10.0 Å². The first-order valence-corrected chi connectivity index (χ1v) is 7.93. The summed E-state index contributed by atoms with van der Waals surface area (Å²) in [6, 6.07) is 4.56. The van der Waals surface area contributed by atoms with Crippen LogP contribution in [0.1, 0.15) is 12.8 Å². The van der Waals surface area contributed by atoms with Crippen LogP contribution in [-0.4, -0.2) is 45.1 Å². The van der Waals surface area contributed by atoms with E-state index in [4.69, 9.17) is 10.5 Å². The lowest BCUT2D eigenvalue weighted by molar-refractivity contribution is 0.0401. The van der Waals surface area contributed by atoms with Crippen LogP contribution in [0.3, 0.4) is 0 Å². The van der Waals surface area contributed by atoms with E-state index in [1.54, 1.807) is 7.11 Å². The summed E-state index contributed by atoms with van der Waals surface area (Å²) in [7, 11) is -2.03. The van der Waals surface area contributed by atoms with Gasteiger partial charge < -0.3 is 10.5 Å². The Morgan fingerprint density at radius 1 is 1.38 bits per heavy atom. The van der Waals surface area contributed by atoms with Gasteiger partial charge in [-0.25, -0.2) is 12.8 Å². The Labute approximate surface area is 130 Å². The standard InChI is InChI=1S/C13H19FN2O3S.ClH/c1-19-12-6-7-16(11(8-12)9-15)20(17,18)13-4-2-10(14)3-5-13;/h2-5,11-12H,6-9,15H2,1H3;1H. The van der Waals surface area contributed by atoms with E-state index >= 15 is 0 Å². The van der Waals surface area contributed by atoms with Crippen LogP contribution in [0.5, 0.6) is 0 Å². The second-order valence-corrected chi connectivity index (χ2v) is 6.73. The molecule has 1 aliphatic rings. The van der Waals surface area contributed by atoms with Crippen molar-refractivity contribution < 1.29 is 17.5 Å². The molecule has 0 aromatic heterocycles. The van der Waals surface area contributed by atoms with Crippen LogP contribution in [0.25, 0.3) is 0 Å². The molecule has 0 spiro atoms. The van der Waals surface area contributed by atoms with Gasteiger partial charge in [-0.2, -0.15) is 4.31 Å². The fraction of sp³-hybridized carbons (Fsp3) is 0.538. The molecule has 0 radical (unpaired) electrons. The summed E-state index contributed by atoms with van der Waals surface area (Å²) in [5.74, 6) is -0.461. The first-order valence-electron chi connectivity index (χ1n) is 6.49. The second kappa shape index (κ2) is 7.51. The van der Waals surface area contributed by atoms with Crippen molar-refractivity contribution in [1.82, 2.24) is 4.31 Å². The summed E-state index contributed by atoms with van der Waals surface area (Å²) in [5.41, 5.74) is 5.69. The smallest absolute Gasteiger partial charge is 0.243 e. The zero-order chi connectivity index (χ0) is 14.8. The van der Waals surface area contributed by atoms with E-state index in [9.17, 15) is 12.8 Å². The van der Waals surface area contributed by atoms with Crippen molar-refractivity contribution in [3.63, 3.8) is 0 Å². The van der Waals surface area contributed by atoms with Crippen molar-refractivity contribution in [3.8, 4) is 0 Å². The van der Waals surface area contributed by atoms with Crippen LogP contribution < -0.4 is 5.73 Å². The molecular formula is C13H20ClFN2O3S. The highest BCUT2D eigenvalue weighted by Gasteiger charge is 2.36. The van der Waals surface area contributed by atoms with Crippen molar-refractivity contribution in [2.45, 2.75) is 29.9 Å². The lowest BCUT2D eigenvalue weighted by atomic mass is 10.0. The number of ether oxygens (including phenoxy) is 1. The molecule has 8 heteroatoms. The number of halogens is 2. The maximum Gasteiger partial charge on any atom is 0.243 e. The lowest BCUT2D eigenvalue weighted by Gasteiger charge is -2.37. The van der Waals surface area contributed by atoms with Crippen molar-refractivity contribution >= 4 is 22.4 Å². The van der Waals surface area contributed by atoms with E-state index in [1.807, 2.05) is 0 Å². The average Bonchev–Trinajstić information content (AvgIpc) is 2.46. The highest BCUT2D eigenvalue weighted by Crippen LogP contribution is 2.26. The molecule has 1 fully saturated rings. The molecule has 0 saturated carbocycles. The van der Waals surface area contributed by atoms with E-state index in [0.717, 1.165) is 12.1 Å². The summed E-state index contributed by atoms with van der Waals surface area (Å²) < 4.78 is 44.7. The van der Waals surface area contributed by atoms with Crippen molar-refractivity contribution in [2.75, 3.05) is 20.2 Å². The van der Waals surface area contributed by atoms with E-state index < -0.39 is 15.8 Å². The maximum atomic E-state index is 12.9. The van der Waals surface area contributed by atoms with Gasteiger partial charge in [0.25, 0.3) is 0 Å². The van der Waals surface area contributed by atoms with Gasteiger partial charge in [0.05, 0.1) is 11.0 Å². The third-order valence-electron chi connectivity index (χ3n) is 3.64.